The fourth-order valence-corrected chi connectivity index (χ4v) is 2.91. The van der Waals surface area contributed by atoms with Crippen LogP contribution in [0.1, 0.15) is 69.5 Å². The van der Waals surface area contributed by atoms with E-state index in [1.54, 1.807) is 0 Å². The minimum Gasteiger partial charge on any atom is -0.310 e. The summed E-state index contributed by atoms with van der Waals surface area (Å²) in [5.74, 6) is 0.511. The van der Waals surface area contributed by atoms with E-state index in [-0.39, 0.29) is 0 Å². The fourth-order valence-electron chi connectivity index (χ4n) is 2.91. The van der Waals surface area contributed by atoms with Gasteiger partial charge in [0.1, 0.15) is 0 Å². The number of rotatable bonds is 4. The maximum Gasteiger partial charge on any atom is 0.0694 e. The lowest BCUT2D eigenvalue weighted by Crippen LogP contribution is -2.28. The van der Waals surface area contributed by atoms with Crippen LogP contribution < -0.4 is 5.32 Å². The molecule has 0 unspecified atom stereocenters. The number of aromatic nitrogens is 2. The lowest BCUT2D eigenvalue weighted by Gasteiger charge is -2.16. The highest BCUT2D eigenvalue weighted by molar-refractivity contribution is 5.20. The maximum atomic E-state index is 4.57. The molecule has 0 atom stereocenters. The van der Waals surface area contributed by atoms with Crippen molar-refractivity contribution in [2.45, 2.75) is 70.9 Å². The summed E-state index contributed by atoms with van der Waals surface area (Å²) in [6.45, 7) is 5.42. The first-order valence-corrected chi connectivity index (χ1v) is 7.42. The van der Waals surface area contributed by atoms with E-state index in [0.29, 0.717) is 12.0 Å². The molecule has 1 heterocycles. The summed E-state index contributed by atoms with van der Waals surface area (Å²) in [6.07, 6.45) is 10.5. The predicted molar refractivity (Wildman–Crippen MR) is 75.6 cm³/mol. The first-order valence-electron chi connectivity index (χ1n) is 7.42. The molecule has 0 spiro atoms. The van der Waals surface area contributed by atoms with E-state index in [2.05, 4.69) is 30.5 Å². The summed E-state index contributed by atoms with van der Waals surface area (Å²) in [5, 5.41) is 8.30. The van der Waals surface area contributed by atoms with Crippen LogP contribution in [0, 0.1) is 0 Å². The van der Waals surface area contributed by atoms with Gasteiger partial charge in [-0.3, -0.25) is 4.68 Å². The second-order valence-electron chi connectivity index (χ2n) is 5.94. The Morgan fingerprint density at radius 1 is 1.28 bits per heavy atom. The molecule has 3 nitrogen and oxygen atoms in total. The molecule has 0 aromatic carbocycles. The minimum absolute atomic E-state index is 0.511. The van der Waals surface area contributed by atoms with Crippen molar-refractivity contribution in [2.24, 2.45) is 7.05 Å². The van der Waals surface area contributed by atoms with E-state index in [0.717, 1.165) is 6.54 Å². The number of hydrogen-bond donors (Lipinski definition) is 1. The number of nitrogens with one attached hydrogen (secondary N) is 1. The molecule has 1 N–H and O–H groups in total. The number of hydrogen-bond acceptors (Lipinski definition) is 2. The van der Waals surface area contributed by atoms with Gasteiger partial charge in [0.15, 0.2) is 0 Å². The Morgan fingerprint density at radius 3 is 2.56 bits per heavy atom. The van der Waals surface area contributed by atoms with Crippen molar-refractivity contribution in [3.05, 3.63) is 17.5 Å². The molecule has 102 valence electrons. The van der Waals surface area contributed by atoms with Gasteiger partial charge in [0.2, 0.25) is 0 Å². The zero-order valence-corrected chi connectivity index (χ0v) is 12.1. The van der Waals surface area contributed by atoms with Gasteiger partial charge in [-0.05, 0) is 18.8 Å². The fraction of sp³-hybridized carbons (Fsp3) is 0.800. The Kier molecular flexibility index (Phi) is 4.81. The largest absolute Gasteiger partial charge is 0.310 e. The molecule has 0 bridgehead atoms. The van der Waals surface area contributed by atoms with Crippen molar-refractivity contribution in [3.63, 3.8) is 0 Å². The van der Waals surface area contributed by atoms with Crippen molar-refractivity contribution in [2.75, 3.05) is 0 Å². The third-order valence-electron chi connectivity index (χ3n) is 3.92. The van der Waals surface area contributed by atoms with Gasteiger partial charge >= 0.3 is 0 Å². The van der Waals surface area contributed by atoms with Gasteiger partial charge in [0.25, 0.3) is 0 Å². The summed E-state index contributed by atoms with van der Waals surface area (Å²) in [6, 6.07) is 0.715. The van der Waals surface area contributed by atoms with Crippen LogP contribution in [-0.2, 0) is 13.6 Å². The monoisotopic (exact) mass is 249 g/mol. The van der Waals surface area contributed by atoms with Gasteiger partial charge in [0.05, 0.1) is 5.69 Å². The van der Waals surface area contributed by atoms with Gasteiger partial charge < -0.3 is 5.32 Å². The average molecular weight is 249 g/mol. The molecule has 1 aromatic rings. The Balaban J connectivity index is 1.92. The molecule has 0 amide bonds. The molecule has 0 radical (unpaired) electrons. The lowest BCUT2D eigenvalue weighted by atomic mass is 10.1. The topological polar surface area (TPSA) is 29.9 Å². The van der Waals surface area contributed by atoms with E-state index in [1.807, 2.05) is 11.7 Å². The highest BCUT2D eigenvalue weighted by Crippen LogP contribution is 2.20. The third-order valence-corrected chi connectivity index (χ3v) is 3.92. The Bertz CT molecular complexity index is 360. The quantitative estimate of drug-likeness (QED) is 0.829. The van der Waals surface area contributed by atoms with Crippen LogP contribution in [0.15, 0.2) is 6.20 Å². The molecule has 0 aliphatic heterocycles. The van der Waals surface area contributed by atoms with Crippen molar-refractivity contribution < 1.29 is 0 Å². The molecule has 0 saturated heterocycles. The smallest absolute Gasteiger partial charge is 0.0694 e. The van der Waals surface area contributed by atoms with E-state index >= 15 is 0 Å². The average Bonchev–Trinajstić information content (AvgIpc) is 2.55. The van der Waals surface area contributed by atoms with E-state index in [9.17, 15) is 0 Å². The normalized spacial score (nSPS) is 18.2. The molecule has 2 rings (SSSR count). The second-order valence-corrected chi connectivity index (χ2v) is 5.94. The van der Waals surface area contributed by atoms with Crippen LogP contribution in [-0.4, -0.2) is 15.8 Å². The zero-order chi connectivity index (χ0) is 13.0. The summed E-state index contributed by atoms with van der Waals surface area (Å²) in [5.41, 5.74) is 2.62. The van der Waals surface area contributed by atoms with Gasteiger partial charge in [-0.2, -0.15) is 5.10 Å². The molecule has 18 heavy (non-hydrogen) atoms. The van der Waals surface area contributed by atoms with Crippen molar-refractivity contribution in [3.8, 4) is 0 Å². The zero-order valence-electron chi connectivity index (χ0n) is 12.1. The molecule has 1 aromatic heterocycles. The SMILES string of the molecule is CC(C)c1nn(C)cc1CNC1CCCCCC1. The van der Waals surface area contributed by atoms with E-state index < -0.39 is 0 Å². The van der Waals surface area contributed by atoms with Crippen LogP contribution in [0.5, 0.6) is 0 Å². The van der Waals surface area contributed by atoms with Crippen LogP contribution in [0.2, 0.25) is 0 Å². The molecule has 1 aliphatic rings. The highest BCUT2D eigenvalue weighted by atomic mass is 15.3. The van der Waals surface area contributed by atoms with Crippen LogP contribution in [0.4, 0.5) is 0 Å². The summed E-state index contributed by atoms with van der Waals surface area (Å²) < 4.78 is 1.94. The molecule has 1 fully saturated rings. The Hall–Kier alpha value is -0.830. The van der Waals surface area contributed by atoms with Gasteiger partial charge in [0, 0.05) is 31.4 Å². The van der Waals surface area contributed by atoms with Gasteiger partial charge in [-0.15, -0.1) is 0 Å². The standard InChI is InChI=1S/C15H27N3/c1-12(2)15-13(11-18(3)17-15)10-16-14-8-6-4-5-7-9-14/h11-12,14,16H,4-10H2,1-3H3. The predicted octanol–water partition coefficient (Wildman–Crippen LogP) is 3.36. The number of nitrogens with zero attached hydrogens (tertiary/aromatic N) is 2. The van der Waals surface area contributed by atoms with Gasteiger partial charge in [-0.1, -0.05) is 39.5 Å². The second kappa shape index (κ2) is 6.37. The Morgan fingerprint density at radius 2 is 1.94 bits per heavy atom. The minimum atomic E-state index is 0.511. The molecule has 1 saturated carbocycles. The van der Waals surface area contributed by atoms with Crippen molar-refractivity contribution in [1.82, 2.24) is 15.1 Å². The molecular formula is C15H27N3. The van der Waals surface area contributed by atoms with Crippen LogP contribution in [0.3, 0.4) is 0 Å². The molecule has 1 aliphatic carbocycles. The highest BCUT2D eigenvalue weighted by Gasteiger charge is 2.15. The van der Waals surface area contributed by atoms with Crippen molar-refractivity contribution in [1.29, 1.82) is 0 Å². The third kappa shape index (κ3) is 3.58. The summed E-state index contributed by atoms with van der Waals surface area (Å²) >= 11 is 0. The van der Waals surface area contributed by atoms with Crippen LogP contribution >= 0.6 is 0 Å². The van der Waals surface area contributed by atoms with E-state index in [1.165, 1.54) is 49.8 Å². The maximum absolute atomic E-state index is 4.57. The summed E-state index contributed by atoms with van der Waals surface area (Å²) in [4.78, 5) is 0. The number of aryl methyl sites for hydroxylation is 1. The lowest BCUT2D eigenvalue weighted by molar-refractivity contribution is 0.458. The molecule has 3 heteroatoms. The first-order chi connectivity index (χ1) is 8.66. The first kappa shape index (κ1) is 13.6. The molecular weight excluding hydrogens is 222 g/mol. The van der Waals surface area contributed by atoms with Crippen molar-refractivity contribution >= 4 is 0 Å². The van der Waals surface area contributed by atoms with E-state index in [4.69, 9.17) is 0 Å². The van der Waals surface area contributed by atoms with Gasteiger partial charge in [-0.25, -0.2) is 0 Å². The summed E-state index contributed by atoms with van der Waals surface area (Å²) in [7, 11) is 2.01. The Labute approximate surface area is 111 Å². The van der Waals surface area contributed by atoms with Crippen LogP contribution in [0.25, 0.3) is 0 Å².